The number of carbonyl (C=O) groups excluding carboxylic acids is 3. The van der Waals surface area contributed by atoms with Gasteiger partial charge in [0, 0.05) is 6.54 Å². The van der Waals surface area contributed by atoms with Gasteiger partial charge < -0.3 is 9.32 Å². The topological polar surface area (TPSA) is 154 Å². The van der Waals surface area contributed by atoms with Crippen molar-refractivity contribution in [3.63, 3.8) is 0 Å². The average Bonchev–Trinajstić information content (AvgIpc) is 3.10. The Hall–Kier alpha value is -1.44. The van der Waals surface area contributed by atoms with Crippen LogP contribution in [0.4, 0.5) is 4.79 Å². The van der Waals surface area contributed by atoms with Crippen molar-refractivity contribution in [1.82, 2.24) is 14.2 Å². The number of likely N-dealkylation sites (tertiary alicyclic amines) is 1. The molecule has 3 N–H and O–H groups in total. The molecule has 2 atom stereocenters. The second-order valence-electron chi connectivity index (χ2n) is 5.04. The van der Waals surface area contributed by atoms with Crippen LogP contribution < -0.4 is 5.84 Å². The molecular formula is C11H13N4NaO7S. The Morgan fingerprint density at radius 1 is 1.42 bits per heavy atom. The predicted molar refractivity (Wildman–Crippen MR) is 78.9 cm³/mol. The molecule has 24 heavy (non-hydrogen) atoms. The summed E-state index contributed by atoms with van der Waals surface area (Å²) in [7, 11) is -4.67. The van der Waals surface area contributed by atoms with Crippen LogP contribution in [0.5, 0.6) is 0 Å². The number of amides is 4. The molecule has 0 aliphatic carbocycles. The average molecular weight is 368 g/mol. The quantitative estimate of drug-likeness (QED) is 0.154. The van der Waals surface area contributed by atoms with Crippen LogP contribution >= 0.6 is 0 Å². The molecule has 0 radical (unpaired) electrons. The van der Waals surface area contributed by atoms with Crippen LogP contribution in [-0.2, 0) is 15.1 Å². The fourth-order valence-corrected chi connectivity index (χ4v) is 3.67. The summed E-state index contributed by atoms with van der Waals surface area (Å²) in [4.78, 5) is 37.1. The molecule has 2 fully saturated rings. The zero-order valence-corrected chi connectivity index (χ0v) is 12.3. The summed E-state index contributed by atoms with van der Waals surface area (Å²) >= 11 is 0. The monoisotopic (exact) mass is 368 g/mol. The molecule has 1 aromatic rings. The Morgan fingerprint density at radius 2 is 2.08 bits per heavy atom. The normalized spacial score (nSPS) is 22.5. The van der Waals surface area contributed by atoms with Crippen LogP contribution in [0.3, 0.4) is 0 Å². The number of β-lactam (4-membered cyclic amide) rings is 1. The molecule has 3 rings (SSSR count). The van der Waals surface area contributed by atoms with Gasteiger partial charge in [0.15, 0.2) is 5.76 Å². The van der Waals surface area contributed by atoms with E-state index in [1.165, 1.54) is 18.4 Å². The van der Waals surface area contributed by atoms with E-state index in [1.807, 2.05) is 0 Å². The minimum atomic E-state index is -4.67. The Kier molecular flexibility index (Phi) is 5.09. The van der Waals surface area contributed by atoms with Gasteiger partial charge in [-0.15, -0.1) is 0 Å². The van der Waals surface area contributed by atoms with E-state index >= 15 is 0 Å². The molecule has 0 bridgehead atoms. The molecule has 3 heterocycles. The molecule has 1 aromatic heterocycles. The third-order valence-electron chi connectivity index (χ3n) is 3.79. The second-order valence-corrected chi connectivity index (χ2v) is 6.33. The van der Waals surface area contributed by atoms with Crippen molar-refractivity contribution < 1.29 is 31.8 Å². The molecular weight excluding hydrogens is 355 g/mol. The molecule has 0 spiro atoms. The SMILES string of the molecule is NN(C(=O)c1ccco1)C(=O)N1CC[C@@H]2[C@H]1C(=O)N2S(=O)(=O)O.[NaH]. The third-order valence-corrected chi connectivity index (χ3v) is 4.74. The summed E-state index contributed by atoms with van der Waals surface area (Å²) in [5.41, 5.74) is 0. The Balaban J connectivity index is 0.00000208. The zero-order valence-electron chi connectivity index (χ0n) is 11.5. The Morgan fingerprint density at radius 3 is 2.62 bits per heavy atom. The van der Waals surface area contributed by atoms with E-state index in [-0.39, 0.29) is 48.3 Å². The number of urea groups is 1. The standard InChI is InChI=1S/C11H12N4O7S.Na.H/c12-14(9(16)7-2-1-5-22-7)11(18)13-4-3-6-8(13)10(17)15(6)23(19,20)21;;/h1-2,5-6,8H,3-4,12H2,(H,19,20,21);;/t6-,8+;;/m1../s1. The molecule has 4 amide bonds. The van der Waals surface area contributed by atoms with Gasteiger partial charge in [-0.2, -0.15) is 13.4 Å². The summed E-state index contributed by atoms with van der Waals surface area (Å²) in [5.74, 6) is 3.47. The van der Waals surface area contributed by atoms with E-state index in [0.717, 1.165) is 4.90 Å². The Labute approximate surface area is 158 Å². The zero-order chi connectivity index (χ0) is 16.9. The number of hydrogen-bond donors (Lipinski definition) is 2. The van der Waals surface area contributed by atoms with E-state index in [0.29, 0.717) is 9.31 Å². The predicted octanol–water partition coefficient (Wildman–Crippen LogP) is -1.85. The molecule has 11 nitrogen and oxygen atoms in total. The maximum atomic E-state index is 12.3. The van der Waals surface area contributed by atoms with Gasteiger partial charge in [-0.25, -0.2) is 14.9 Å². The number of nitrogens with zero attached hydrogens (tertiary/aromatic N) is 3. The van der Waals surface area contributed by atoms with E-state index in [1.54, 1.807) is 0 Å². The van der Waals surface area contributed by atoms with Crippen molar-refractivity contribution in [2.45, 2.75) is 18.5 Å². The molecule has 126 valence electrons. The van der Waals surface area contributed by atoms with E-state index in [2.05, 4.69) is 0 Å². The third kappa shape index (κ3) is 2.85. The van der Waals surface area contributed by atoms with Crippen molar-refractivity contribution in [1.29, 1.82) is 0 Å². The van der Waals surface area contributed by atoms with Crippen molar-refractivity contribution >= 4 is 57.7 Å². The number of hydrogen-bond acceptors (Lipinski definition) is 7. The first kappa shape index (κ1) is 18.9. The van der Waals surface area contributed by atoms with Crippen LogP contribution in [0.15, 0.2) is 22.8 Å². The first-order chi connectivity index (χ1) is 10.7. The van der Waals surface area contributed by atoms with E-state index in [4.69, 9.17) is 14.8 Å². The van der Waals surface area contributed by atoms with Gasteiger partial charge in [0.2, 0.25) is 0 Å². The summed E-state index contributed by atoms with van der Waals surface area (Å²) in [5, 5.41) is 0.296. The first-order valence-electron chi connectivity index (χ1n) is 6.47. The summed E-state index contributed by atoms with van der Waals surface area (Å²) in [6.07, 6.45) is 1.38. The number of hydrazine groups is 1. The fourth-order valence-electron chi connectivity index (χ4n) is 2.77. The van der Waals surface area contributed by atoms with Gasteiger partial charge in [0.25, 0.3) is 5.91 Å². The first-order valence-corrected chi connectivity index (χ1v) is 7.87. The number of rotatable bonds is 2. The number of fused-ring (bicyclic) bond motifs is 1. The fraction of sp³-hybridized carbons (Fsp3) is 0.364. The molecule has 2 aliphatic rings. The molecule has 13 heteroatoms. The van der Waals surface area contributed by atoms with Gasteiger partial charge in [-0.3, -0.25) is 14.1 Å². The van der Waals surface area contributed by atoms with Gasteiger partial charge >= 0.3 is 51.8 Å². The van der Waals surface area contributed by atoms with Crippen molar-refractivity contribution in [3.8, 4) is 0 Å². The second kappa shape index (κ2) is 6.46. The van der Waals surface area contributed by atoms with Crippen molar-refractivity contribution in [2.75, 3.05) is 6.54 Å². The van der Waals surface area contributed by atoms with Gasteiger partial charge in [0.1, 0.15) is 6.04 Å². The van der Waals surface area contributed by atoms with E-state index < -0.39 is 40.2 Å². The molecule has 2 saturated heterocycles. The summed E-state index contributed by atoms with van der Waals surface area (Å²) in [6, 6.07) is -0.121. The number of nitrogens with two attached hydrogens (primary N) is 1. The number of furan rings is 1. The van der Waals surface area contributed by atoms with Crippen molar-refractivity contribution in [3.05, 3.63) is 24.2 Å². The molecule has 2 aliphatic heterocycles. The minimum absolute atomic E-state index is 0. The summed E-state index contributed by atoms with van der Waals surface area (Å²) in [6.45, 7) is 0.0189. The Bertz CT molecular complexity index is 780. The van der Waals surface area contributed by atoms with Crippen LogP contribution in [0.25, 0.3) is 0 Å². The van der Waals surface area contributed by atoms with Crippen molar-refractivity contribution in [2.24, 2.45) is 5.84 Å². The van der Waals surface area contributed by atoms with Gasteiger partial charge in [0.05, 0.1) is 12.3 Å². The summed E-state index contributed by atoms with van der Waals surface area (Å²) < 4.78 is 36.3. The van der Waals surface area contributed by atoms with Crippen LogP contribution in [0.2, 0.25) is 0 Å². The van der Waals surface area contributed by atoms with Crippen LogP contribution in [0.1, 0.15) is 17.0 Å². The molecule has 0 aromatic carbocycles. The van der Waals surface area contributed by atoms with Gasteiger partial charge in [-0.1, -0.05) is 0 Å². The maximum absolute atomic E-state index is 12.3. The van der Waals surface area contributed by atoms with E-state index in [9.17, 15) is 22.8 Å². The molecule has 0 saturated carbocycles. The van der Waals surface area contributed by atoms with Gasteiger partial charge in [-0.05, 0) is 18.6 Å². The molecule has 0 unspecified atom stereocenters. The van der Waals surface area contributed by atoms with Crippen LogP contribution in [0, 0.1) is 0 Å². The number of carbonyl (C=O) groups is 3. The van der Waals surface area contributed by atoms with Crippen LogP contribution in [-0.4, -0.2) is 93.2 Å². The number of imide groups is 1.